The molecule has 0 aliphatic rings. The van der Waals surface area contributed by atoms with Crippen LogP contribution in [0, 0.1) is 0 Å². The maximum absolute atomic E-state index is 13.6. The minimum Gasteiger partial charge on any atom is -0.360 e. The molecule has 0 spiro atoms. The minimum atomic E-state index is -0.390. The molecule has 1 unspecified atom stereocenters. The number of thioether (sulfide) groups is 1. The largest absolute Gasteiger partial charge is 0.360 e. The number of carbonyl (C=O) groups is 1. The van der Waals surface area contributed by atoms with Gasteiger partial charge in [0.1, 0.15) is 16.2 Å². The van der Waals surface area contributed by atoms with E-state index in [1.807, 2.05) is 72.2 Å². The molecule has 0 saturated heterocycles. The van der Waals surface area contributed by atoms with Gasteiger partial charge in [-0.3, -0.25) is 4.79 Å². The number of nitrogens with one attached hydrogen (secondary N) is 1. The molecule has 0 aliphatic carbocycles. The fourth-order valence-corrected chi connectivity index (χ4v) is 5.24. The molecule has 0 radical (unpaired) electrons. The zero-order valence-electron chi connectivity index (χ0n) is 14.7. The van der Waals surface area contributed by atoms with Gasteiger partial charge in [-0.2, -0.15) is 0 Å². The van der Waals surface area contributed by atoms with Crippen molar-refractivity contribution in [3.63, 3.8) is 0 Å². The monoisotopic (exact) mass is 401 g/mol. The second kappa shape index (κ2) is 7.22. The maximum atomic E-state index is 13.6. The van der Waals surface area contributed by atoms with Crippen LogP contribution in [0.2, 0.25) is 0 Å². The summed E-state index contributed by atoms with van der Waals surface area (Å²) in [6.45, 7) is 0. The first kappa shape index (κ1) is 17.2. The number of Topliss-reactive ketones (excluding diaryl/α,β-unsaturated/α-hetero) is 1. The van der Waals surface area contributed by atoms with E-state index >= 15 is 0 Å². The third-order valence-corrected chi connectivity index (χ3v) is 6.74. The highest BCUT2D eigenvalue weighted by Crippen LogP contribution is 2.41. The summed E-state index contributed by atoms with van der Waals surface area (Å²) in [7, 11) is 0. The van der Waals surface area contributed by atoms with Crippen LogP contribution in [0.4, 0.5) is 0 Å². The van der Waals surface area contributed by atoms with Crippen LogP contribution in [0.25, 0.3) is 21.1 Å². The topological polar surface area (TPSA) is 58.6 Å². The SMILES string of the molecule is O=C(c1c[nH]c2ccccc12)C(Sc1ncnc2sccc12)c1ccccc1. The van der Waals surface area contributed by atoms with Gasteiger partial charge in [-0.1, -0.05) is 60.3 Å². The number of carbonyl (C=O) groups excluding carboxylic acids is 1. The first-order chi connectivity index (χ1) is 13.8. The first-order valence-electron chi connectivity index (χ1n) is 8.81. The molecule has 0 bridgehead atoms. The van der Waals surface area contributed by atoms with Gasteiger partial charge in [0.05, 0.1) is 5.25 Å². The molecule has 136 valence electrons. The third kappa shape index (κ3) is 3.00. The van der Waals surface area contributed by atoms with Gasteiger partial charge in [-0.05, 0) is 23.1 Å². The molecule has 1 atom stereocenters. The highest BCUT2D eigenvalue weighted by molar-refractivity contribution is 8.00. The van der Waals surface area contributed by atoms with Crippen molar-refractivity contribution in [1.29, 1.82) is 0 Å². The molecule has 5 rings (SSSR count). The average Bonchev–Trinajstić information content (AvgIpc) is 3.39. The molecular formula is C22H15N3OS2. The van der Waals surface area contributed by atoms with Crippen molar-refractivity contribution in [2.75, 3.05) is 0 Å². The summed E-state index contributed by atoms with van der Waals surface area (Å²) in [5.41, 5.74) is 2.63. The van der Waals surface area contributed by atoms with E-state index in [9.17, 15) is 4.79 Å². The molecule has 4 nitrogen and oxygen atoms in total. The van der Waals surface area contributed by atoms with Crippen molar-refractivity contribution >= 4 is 50.0 Å². The number of benzene rings is 2. The molecule has 0 fully saturated rings. The van der Waals surface area contributed by atoms with Crippen LogP contribution < -0.4 is 0 Å². The fourth-order valence-electron chi connectivity index (χ4n) is 3.29. The lowest BCUT2D eigenvalue weighted by Crippen LogP contribution is -2.10. The Bertz CT molecular complexity index is 1280. The molecule has 5 aromatic rings. The molecular weight excluding hydrogens is 386 g/mol. The van der Waals surface area contributed by atoms with Crippen LogP contribution in [0.5, 0.6) is 0 Å². The summed E-state index contributed by atoms with van der Waals surface area (Å²) in [5, 5.41) is 4.37. The van der Waals surface area contributed by atoms with Crippen LogP contribution in [-0.4, -0.2) is 20.7 Å². The van der Waals surface area contributed by atoms with Gasteiger partial charge in [-0.15, -0.1) is 11.3 Å². The van der Waals surface area contributed by atoms with E-state index in [1.54, 1.807) is 17.7 Å². The summed E-state index contributed by atoms with van der Waals surface area (Å²) in [5.74, 6) is 0.0654. The number of para-hydroxylation sites is 1. The summed E-state index contributed by atoms with van der Waals surface area (Å²) in [6.07, 6.45) is 3.38. The molecule has 3 heterocycles. The zero-order chi connectivity index (χ0) is 18.9. The Hall–Kier alpha value is -2.96. The Kier molecular flexibility index (Phi) is 4.43. The number of nitrogens with zero attached hydrogens (tertiary/aromatic N) is 2. The lowest BCUT2D eigenvalue weighted by atomic mass is 10.0. The van der Waals surface area contributed by atoms with Crippen LogP contribution in [0.3, 0.4) is 0 Å². The summed E-state index contributed by atoms with van der Waals surface area (Å²) in [6, 6.07) is 19.8. The number of H-pyrrole nitrogens is 1. The Morgan fingerprint density at radius 3 is 2.68 bits per heavy atom. The third-order valence-electron chi connectivity index (χ3n) is 4.65. The minimum absolute atomic E-state index is 0.0654. The van der Waals surface area contributed by atoms with Crippen LogP contribution in [-0.2, 0) is 0 Å². The second-order valence-electron chi connectivity index (χ2n) is 6.34. The lowest BCUT2D eigenvalue weighted by molar-refractivity contribution is 0.0991. The molecule has 1 N–H and O–H groups in total. The number of hydrogen-bond acceptors (Lipinski definition) is 5. The number of aromatic amines is 1. The van der Waals surface area contributed by atoms with Crippen molar-refractivity contribution < 1.29 is 4.79 Å². The standard InChI is InChI=1S/C22H15N3OS2/c26-19(17-12-23-18-9-5-4-8-15(17)18)20(14-6-2-1-3-7-14)28-22-16-10-11-27-21(16)24-13-25-22/h1-13,20,23H. The number of ketones is 1. The normalized spacial score (nSPS) is 12.4. The van der Waals surface area contributed by atoms with Gasteiger partial charge in [0, 0.05) is 28.0 Å². The maximum Gasteiger partial charge on any atom is 0.182 e. The second-order valence-corrected chi connectivity index (χ2v) is 8.33. The Balaban J connectivity index is 1.61. The van der Waals surface area contributed by atoms with Gasteiger partial charge < -0.3 is 4.98 Å². The number of fused-ring (bicyclic) bond motifs is 2. The summed E-state index contributed by atoms with van der Waals surface area (Å²) >= 11 is 3.06. The number of rotatable bonds is 5. The Morgan fingerprint density at radius 2 is 1.79 bits per heavy atom. The van der Waals surface area contributed by atoms with Crippen molar-refractivity contribution in [2.45, 2.75) is 10.3 Å². The fraction of sp³-hybridized carbons (Fsp3) is 0.0455. The van der Waals surface area contributed by atoms with E-state index in [2.05, 4.69) is 15.0 Å². The van der Waals surface area contributed by atoms with E-state index in [4.69, 9.17) is 0 Å². The van der Waals surface area contributed by atoms with E-state index < -0.39 is 5.25 Å². The van der Waals surface area contributed by atoms with Gasteiger partial charge in [0.2, 0.25) is 0 Å². The summed E-state index contributed by atoms with van der Waals surface area (Å²) < 4.78 is 0. The molecule has 28 heavy (non-hydrogen) atoms. The predicted molar refractivity (Wildman–Crippen MR) is 115 cm³/mol. The Morgan fingerprint density at radius 1 is 0.964 bits per heavy atom. The van der Waals surface area contributed by atoms with E-state index in [-0.39, 0.29) is 5.78 Å². The molecule has 0 amide bonds. The van der Waals surface area contributed by atoms with E-state index in [0.29, 0.717) is 5.56 Å². The van der Waals surface area contributed by atoms with Crippen molar-refractivity contribution in [2.24, 2.45) is 0 Å². The van der Waals surface area contributed by atoms with Crippen molar-refractivity contribution in [1.82, 2.24) is 15.0 Å². The van der Waals surface area contributed by atoms with Crippen molar-refractivity contribution in [3.05, 3.63) is 89.7 Å². The van der Waals surface area contributed by atoms with Crippen LogP contribution in [0.1, 0.15) is 21.2 Å². The Labute approximate surface area is 169 Å². The average molecular weight is 402 g/mol. The molecule has 0 saturated carbocycles. The number of hydrogen-bond donors (Lipinski definition) is 1. The first-order valence-corrected chi connectivity index (χ1v) is 10.6. The zero-order valence-corrected chi connectivity index (χ0v) is 16.3. The number of aromatic nitrogens is 3. The quantitative estimate of drug-likeness (QED) is 0.227. The smallest absolute Gasteiger partial charge is 0.182 e. The molecule has 0 aliphatic heterocycles. The highest BCUT2D eigenvalue weighted by atomic mass is 32.2. The lowest BCUT2D eigenvalue weighted by Gasteiger charge is -2.15. The van der Waals surface area contributed by atoms with Gasteiger partial charge >= 0.3 is 0 Å². The van der Waals surface area contributed by atoms with E-state index in [1.165, 1.54) is 11.8 Å². The van der Waals surface area contributed by atoms with Gasteiger partial charge in [0.25, 0.3) is 0 Å². The van der Waals surface area contributed by atoms with Gasteiger partial charge in [0.15, 0.2) is 5.78 Å². The van der Waals surface area contributed by atoms with Crippen LogP contribution in [0.15, 0.2) is 83.6 Å². The number of thiophene rings is 1. The van der Waals surface area contributed by atoms with Gasteiger partial charge in [-0.25, -0.2) is 9.97 Å². The highest BCUT2D eigenvalue weighted by Gasteiger charge is 2.26. The predicted octanol–water partition coefficient (Wildman–Crippen LogP) is 5.89. The molecule has 3 aromatic heterocycles. The summed E-state index contributed by atoms with van der Waals surface area (Å²) in [4.78, 5) is 26.6. The van der Waals surface area contributed by atoms with Crippen molar-refractivity contribution in [3.8, 4) is 0 Å². The molecule has 2 aromatic carbocycles. The van der Waals surface area contributed by atoms with E-state index in [0.717, 1.165) is 31.7 Å². The van der Waals surface area contributed by atoms with Crippen LogP contribution >= 0.6 is 23.1 Å². The molecule has 6 heteroatoms.